The first-order valence-corrected chi connectivity index (χ1v) is 7.14. The molecule has 2 nitrogen and oxygen atoms in total. The molecule has 5 heteroatoms. The summed E-state index contributed by atoms with van der Waals surface area (Å²) in [5, 5.41) is -0.269. The minimum Gasteiger partial charge on any atom is -0.465 e. The zero-order valence-electron chi connectivity index (χ0n) is 10.8. The van der Waals surface area contributed by atoms with Gasteiger partial charge in [0.15, 0.2) is 0 Å². The summed E-state index contributed by atoms with van der Waals surface area (Å²) in [6.07, 6.45) is 0.787. The van der Waals surface area contributed by atoms with E-state index in [9.17, 15) is 13.6 Å². The van der Waals surface area contributed by atoms with Gasteiger partial charge in [-0.25, -0.2) is 8.78 Å². The van der Waals surface area contributed by atoms with E-state index < -0.39 is 5.92 Å². The first-order chi connectivity index (χ1) is 7.93. The number of hydrogen-bond donors (Lipinski definition) is 0. The van der Waals surface area contributed by atoms with E-state index in [0.717, 1.165) is 0 Å². The molecule has 0 radical (unpaired) electrons. The number of alkyl halides is 2. The van der Waals surface area contributed by atoms with E-state index >= 15 is 0 Å². The molecule has 0 saturated heterocycles. The maximum atomic E-state index is 13.1. The lowest BCUT2D eigenvalue weighted by Gasteiger charge is -2.15. The van der Waals surface area contributed by atoms with Gasteiger partial charge in [-0.05, 0) is 26.0 Å². The van der Waals surface area contributed by atoms with Gasteiger partial charge in [0.05, 0.1) is 11.9 Å². The molecular weight excluding hydrogens is 246 g/mol. The van der Waals surface area contributed by atoms with E-state index in [1.54, 1.807) is 20.8 Å². The number of carbonyl (C=O) groups is 1. The maximum absolute atomic E-state index is 13.1. The third-order valence-corrected chi connectivity index (χ3v) is 3.51. The van der Waals surface area contributed by atoms with Crippen LogP contribution in [0.3, 0.4) is 0 Å². The standard InChI is InChI=1S/C12H22F2O2S/c1-4-7-12(13,14)8-6-9-17-10(3)11(15)16-5-2/h10H,4-9H2,1-3H3. The molecule has 0 rings (SSSR count). The summed E-state index contributed by atoms with van der Waals surface area (Å²) in [6, 6.07) is 0. The van der Waals surface area contributed by atoms with Gasteiger partial charge < -0.3 is 4.74 Å². The van der Waals surface area contributed by atoms with Gasteiger partial charge in [0.1, 0.15) is 0 Å². The molecule has 0 N–H and O–H groups in total. The van der Waals surface area contributed by atoms with Gasteiger partial charge in [-0.2, -0.15) is 0 Å². The zero-order chi connectivity index (χ0) is 13.3. The first-order valence-electron chi connectivity index (χ1n) is 6.09. The normalized spacial score (nSPS) is 13.5. The number of thioether (sulfide) groups is 1. The Labute approximate surface area is 106 Å². The highest BCUT2D eigenvalue weighted by Crippen LogP contribution is 2.27. The Morgan fingerprint density at radius 2 is 2.00 bits per heavy atom. The fourth-order valence-corrected chi connectivity index (χ4v) is 2.28. The fourth-order valence-electron chi connectivity index (χ4n) is 1.41. The molecule has 0 aromatic rings. The third kappa shape index (κ3) is 8.41. The van der Waals surface area contributed by atoms with E-state index in [1.807, 2.05) is 0 Å². The van der Waals surface area contributed by atoms with Gasteiger partial charge in [-0.15, -0.1) is 11.8 Å². The lowest BCUT2D eigenvalue weighted by Crippen LogP contribution is -2.18. The van der Waals surface area contributed by atoms with Crippen molar-refractivity contribution in [3.8, 4) is 0 Å². The van der Waals surface area contributed by atoms with Gasteiger partial charge in [-0.3, -0.25) is 4.79 Å². The molecule has 1 atom stereocenters. The van der Waals surface area contributed by atoms with Gasteiger partial charge in [-0.1, -0.05) is 13.3 Å². The van der Waals surface area contributed by atoms with Crippen LogP contribution in [0.5, 0.6) is 0 Å². The second-order valence-corrected chi connectivity index (χ2v) is 5.42. The second-order valence-electron chi connectivity index (χ2n) is 3.97. The molecule has 0 aromatic heterocycles. The Hall–Kier alpha value is -0.320. The van der Waals surface area contributed by atoms with Crippen molar-refractivity contribution in [1.29, 1.82) is 0 Å². The summed E-state index contributed by atoms with van der Waals surface area (Å²) in [7, 11) is 0. The van der Waals surface area contributed by atoms with Crippen molar-refractivity contribution in [2.75, 3.05) is 12.4 Å². The number of hydrogen-bond acceptors (Lipinski definition) is 3. The van der Waals surface area contributed by atoms with Crippen LogP contribution in [0.4, 0.5) is 8.78 Å². The van der Waals surface area contributed by atoms with Gasteiger partial charge in [0.2, 0.25) is 5.92 Å². The van der Waals surface area contributed by atoms with Crippen LogP contribution in [0.25, 0.3) is 0 Å². The van der Waals surface area contributed by atoms with Crippen LogP contribution < -0.4 is 0 Å². The second kappa shape index (κ2) is 8.72. The Balaban J connectivity index is 3.67. The van der Waals surface area contributed by atoms with Crippen molar-refractivity contribution in [2.24, 2.45) is 0 Å². The van der Waals surface area contributed by atoms with Gasteiger partial charge >= 0.3 is 5.97 Å². The summed E-state index contributed by atoms with van der Waals surface area (Å²) in [5.74, 6) is -2.25. The quantitative estimate of drug-likeness (QED) is 0.469. The number of ether oxygens (including phenoxy) is 1. The van der Waals surface area contributed by atoms with Crippen molar-refractivity contribution >= 4 is 17.7 Å². The van der Waals surface area contributed by atoms with Crippen LogP contribution in [-0.4, -0.2) is 29.5 Å². The van der Waals surface area contributed by atoms with E-state index in [-0.39, 0.29) is 24.1 Å². The van der Waals surface area contributed by atoms with Crippen molar-refractivity contribution in [2.45, 2.75) is 57.6 Å². The van der Waals surface area contributed by atoms with Gasteiger partial charge in [0.25, 0.3) is 0 Å². The fraction of sp³-hybridized carbons (Fsp3) is 0.917. The van der Waals surface area contributed by atoms with E-state index in [4.69, 9.17) is 4.74 Å². The van der Waals surface area contributed by atoms with Crippen LogP contribution in [0.15, 0.2) is 0 Å². The number of rotatable bonds is 9. The summed E-state index contributed by atoms with van der Waals surface area (Å²) in [4.78, 5) is 11.2. The molecule has 0 saturated carbocycles. The average molecular weight is 268 g/mol. The molecule has 0 aliphatic heterocycles. The smallest absolute Gasteiger partial charge is 0.318 e. The van der Waals surface area contributed by atoms with Crippen LogP contribution in [0.1, 0.15) is 46.5 Å². The lowest BCUT2D eigenvalue weighted by atomic mass is 10.1. The Morgan fingerprint density at radius 1 is 1.35 bits per heavy atom. The van der Waals surface area contributed by atoms with E-state index in [0.29, 0.717) is 25.2 Å². The molecule has 0 fully saturated rings. The summed E-state index contributed by atoms with van der Waals surface area (Å²) < 4.78 is 31.1. The first kappa shape index (κ1) is 16.7. The molecule has 17 heavy (non-hydrogen) atoms. The number of esters is 1. The molecule has 0 bridgehead atoms. The SMILES string of the molecule is CCCC(F)(F)CCCSC(C)C(=O)OCC. The molecular formula is C12H22F2O2S. The summed E-state index contributed by atoms with van der Waals surface area (Å²) in [6.45, 7) is 5.61. The largest absolute Gasteiger partial charge is 0.465 e. The summed E-state index contributed by atoms with van der Waals surface area (Å²) >= 11 is 1.38. The molecule has 0 aromatic carbocycles. The Morgan fingerprint density at radius 3 is 2.53 bits per heavy atom. The topological polar surface area (TPSA) is 26.3 Å². The average Bonchev–Trinajstić information content (AvgIpc) is 2.24. The van der Waals surface area contributed by atoms with Crippen molar-refractivity contribution in [3.05, 3.63) is 0 Å². The van der Waals surface area contributed by atoms with E-state index in [2.05, 4.69) is 0 Å². The predicted octanol–water partition coefficient (Wildman–Crippen LogP) is 3.89. The predicted molar refractivity (Wildman–Crippen MR) is 67.6 cm³/mol. The number of carbonyl (C=O) groups excluding carboxylic acids is 1. The highest BCUT2D eigenvalue weighted by molar-refractivity contribution is 8.00. The van der Waals surface area contributed by atoms with Crippen LogP contribution in [0.2, 0.25) is 0 Å². The van der Waals surface area contributed by atoms with Crippen molar-refractivity contribution in [1.82, 2.24) is 0 Å². The van der Waals surface area contributed by atoms with Crippen LogP contribution >= 0.6 is 11.8 Å². The van der Waals surface area contributed by atoms with Crippen molar-refractivity contribution < 1.29 is 18.3 Å². The summed E-state index contributed by atoms with van der Waals surface area (Å²) in [5.41, 5.74) is 0. The molecule has 102 valence electrons. The highest BCUT2D eigenvalue weighted by atomic mass is 32.2. The third-order valence-electron chi connectivity index (χ3n) is 2.29. The minimum atomic E-state index is -2.55. The van der Waals surface area contributed by atoms with Crippen LogP contribution in [0, 0.1) is 0 Å². The minimum absolute atomic E-state index is 0.0505. The molecule has 0 amide bonds. The molecule has 1 unspecified atom stereocenters. The van der Waals surface area contributed by atoms with Gasteiger partial charge in [0, 0.05) is 12.8 Å². The highest BCUT2D eigenvalue weighted by Gasteiger charge is 2.26. The maximum Gasteiger partial charge on any atom is 0.318 e. The molecule has 0 heterocycles. The van der Waals surface area contributed by atoms with Crippen LogP contribution in [-0.2, 0) is 9.53 Å². The number of halogens is 2. The monoisotopic (exact) mass is 268 g/mol. The molecule has 0 aliphatic rings. The van der Waals surface area contributed by atoms with E-state index in [1.165, 1.54) is 11.8 Å². The van der Waals surface area contributed by atoms with Crippen molar-refractivity contribution in [3.63, 3.8) is 0 Å². The lowest BCUT2D eigenvalue weighted by molar-refractivity contribution is -0.142. The molecule has 0 spiro atoms. The zero-order valence-corrected chi connectivity index (χ0v) is 11.6. The Bertz CT molecular complexity index is 223. The molecule has 0 aliphatic carbocycles. The Kier molecular flexibility index (Phi) is 8.56.